The molecule has 1 aliphatic rings. The molecule has 0 aromatic heterocycles. The molecule has 1 N–H and O–H groups in total. The molecule has 0 aliphatic carbocycles. The predicted molar refractivity (Wildman–Crippen MR) is 101 cm³/mol. The molecule has 0 bridgehead atoms. The summed E-state index contributed by atoms with van der Waals surface area (Å²) >= 11 is 13.3. The number of nitrogens with one attached hydrogen (secondary N) is 1. The van der Waals surface area contributed by atoms with Gasteiger partial charge >= 0.3 is 0 Å². The van der Waals surface area contributed by atoms with E-state index in [1.54, 1.807) is 25.1 Å². The van der Waals surface area contributed by atoms with Crippen LogP contribution in [-0.2, 0) is 19.6 Å². The molecule has 1 heterocycles. The number of amides is 1. The van der Waals surface area contributed by atoms with Crippen molar-refractivity contribution in [1.82, 2.24) is 9.62 Å². The molecule has 1 aliphatic heterocycles. The highest BCUT2D eigenvalue weighted by Gasteiger charge is 2.24. The zero-order valence-corrected chi connectivity index (χ0v) is 16.8. The number of rotatable bonds is 7. The van der Waals surface area contributed by atoms with Gasteiger partial charge in [0.25, 0.3) is 0 Å². The standard InChI is InChI=1S/C15H20Cl2N2O4S2/c1-11(24-14-10-12(16)2-3-13(14)17)15(20)18-4-9-25(21,22)19-5-7-23-8-6-19/h2-3,10-11H,4-9H2,1H3,(H,18,20). The lowest BCUT2D eigenvalue weighted by Gasteiger charge is -2.26. The van der Waals surface area contributed by atoms with Crippen molar-refractivity contribution in [3.8, 4) is 0 Å². The Morgan fingerprint density at radius 1 is 1.36 bits per heavy atom. The van der Waals surface area contributed by atoms with Gasteiger partial charge in [-0.05, 0) is 25.1 Å². The van der Waals surface area contributed by atoms with E-state index in [9.17, 15) is 13.2 Å². The molecule has 25 heavy (non-hydrogen) atoms. The largest absolute Gasteiger partial charge is 0.379 e. The fourth-order valence-corrected chi connectivity index (χ4v) is 4.97. The molecular formula is C15H20Cl2N2O4S2. The summed E-state index contributed by atoms with van der Waals surface area (Å²) in [5, 5.41) is 3.29. The summed E-state index contributed by atoms with van der Waals surface area (Å²) in [6, 6.07) is 5.04. The first-order valence-corrected chi connectivity index (χ1v) is 11.0. The SMILES string of the molecule is CC(Sc1cc(Cl)ccc1Cl)C(=O)NCCS(=O)(=O)N1CCOCC1. The maximum absolute atomic E-state index is 12.2. The number of hydrogen-bond acceptors (Lipinski definition) is 5. The zero-order chi connectivity index (χ0) is 18.4. The van der Waals surface area contributed by atoms with Crippen LogP contribution in [-0.4, -0.2) is 62.5 Å². The number of sulfonamides is 1. The average molecular weight is 427 g/mol. The molecule has 1 amide bonds. The Balaban J connectivity index is 1.82. The van der Waals surface area contributed by atoms with E-state index in [0.29, 0.717) is 41.2 Å². The Bertz CT molecular complexity index is 709. The highest BCUT2D eigenvalue weighted by Crippen LogP contribution is 2.32. The van der Waals surface area contributed by atoms with Crippen LogP contribution < -0.4 is 5.32 Å². The number of thioether (sulfide) groups is 1. The second-order valence-corrected chi connectivity index (χ2v) is 9.77. The predicted octanol–water partition coefficient (Wildman–Crippen LogP) is 2.25. The van der Waals surface area contributed by atoms with E-state index in [-0.39, 0.29) is 18.2 Å². The number of carbonyl (C=O) groups excluding carboxylic acids is 1. The first-order chi connectivity index (χ1) is 11.8. The second-order valence-electron chi connectivity index (χ2n) is 5.45. The van der Waals surface area contributed by atoms with Gasteiger partial charge in [0.2, 0.25) is 15.9 Å². The van der Waals surface area contributed by atoms with Crippen LogP contribution in [0.3, 0.4) is 0 Å². The Labute approximate surface area is 162 Å². The summed E-state index contributed by atoms with van der Waals surface area (Å²) in [6.07, 6.45) is 0. The molecule has 140 valence electrons. The molecule has 1 saturated heterocycles. The summed E-state index contributed by atoms with van der Waals surface area (Å²) < 4.78 is 30.9. The highest BCUT2D eigenvalue weighted by atomic mass is 35.5. The molecule has 2 rings (SSSR count). The van der Waals surface area contributed by atoms with Crippen LogP contribution in [0.1, 0.15) is 6.92 Å². The lowest BCUT2D eigenvalue weighted by atomic mass is 10.4. The van der Waals surface area contributed by atoms with Gasteiger partial charge in [-0.1, -0.05) is 23.2 Å². The molecule has 10 heteroatoms. The topological polar surface area (TPSA) is 75.7 Å². The van der Waals surface area contributed by atoms with Crippen LogP contribution in [0.5, 0.6) is 0 Å². The number of benzene rings is 1. The first-order valence-electron chi connectivity index (χ1n) is 7.74. The van der Waals surface area contributed by atoms with Crippen LogP contribution >= 0.6 is 35.0 Å². The van der Waals surface area contributed by atoms with Crippen LogP contribution in [0.2, 0.25) is 10.0 Å². The summed E-state index contributed by atoms with van der Waals surface area (Å²) in [6.45, 7) is 3.31. The van der Waals surface area contributed by atoms with Gasteiger partial charge in [0.05, 0.1) is 29.2 Å². The van der Waals surface area contributed by atoms with Crippen LogP contribution in [0.15, 0.2) is 23.1 Å². The molecular weight excluding hydrogens is 407 g/mol. The van der Waals surface area contributed by atoms with Crippen molar-refractivity contribution in [3.05, 3.63) is 28.2 Å². The minimum Gasteiger partial charge on any atom is -0.379 e. The molecule has 6 nitrogen and oxygen atoms in total. The van der Waals surface area contributed by atoms with Crippen molar-refractivity contribution >= 4 is 50.9 Å². The van der Waals surface area contributed by atoms with Gasteiger partial charge < -0.3 is 10.1 Å². The number of ether oxygens (including phenoxy) is 1. The first kappa shape index (κ1) is 20.8. The third-order valence-electron chi connectivity index (χ3n) is 3.59. The van der Waals surface area contributed by atoms with Gasteiger partial charge in [-0.2, -0.15) is 4.31 Å². The van der Waals surface area contributed by atoms with E-state index in [0.717, 1.165) is 0 Å². The summed E-state index contributed by atoms with van der Waals surface area (Å²) in [5.41, 5.74) is 0. The molecule has 0 radical (unpaired) electrons. The molecule has 1 unspecified atom stereocenters. The average Bonchev–Trinajstić information content (AvgIpc) is 2.58. The number of carbonyl (C=O) groups is 1. The minimum absolute atomic E-state index is 0.0622. The highest BCUT2D eigenvalue weighted by molar-refractivity contribution is 8.00. The van der Waals surface area contributed by atoms with Gasteiger partial charge in [-0.25, -0.2) is 8.42 Å². The van der Waals surface area contributed by atoms with E-state index in [4.69, 9.17) is 27.9 Å². The van der Waals surface area contributed by atoms with Gasteiger partial charge in [0.15, 0.2) is 0 Å². The third kappa shape index (κ3) is 6.30. The molecule has 1 aromatic carbocycles. The molecule has 0 spiro atoms. The molecule has 1 fully saturated rings. The Morgan fingerprint density at radius 2 is 2.04 bits per heavy atom. The second kappa shape index (κ2) is 9.43. The third-order valence-corrected chi connectivity index (χ3v) is 7.30. The fourth-order valence-electron chi connectivity index (χ4n) is 2.21. The Hall–Kier alpha value is -0.510. The van der Waals surface area contributed by atoms with Crippen molar-refractivity contribution in [2.75, 3.05) is 38.6 Å². The number of hydrogen-bond donors (Lipinski definition) is 1. The summed E-state index contributed by atoms with van der Waals surface area (Å²) in [4.78, 5) is 12.9. The number of nitrogens with zero attached hydrogens (tertiary/aromatic N) is 1. The van der Waals surface area contributed by atoms with Crippen molar-refractivity contribution < 1.29 is 17.9 Å². The maximum Gasteiger partial charge on any atom is 0.233 e. The molecule has 1 aromatic rings. The summed E-state index contributed by atoms with van der Waals surface area (Å²) in [5.74, 6) is -0.383. The Morgan fingerprint density at radius 3 is 2.72 bits per heavy atom. The number of morpholine rings is 1. The lowest BCUT2D eigenvalue weighted by Crippen LogP contribution is -2.44. The van der Waals surface area contributed by atoms with Gasteiger partial charge in [0.1, 0.15) is 0 Å². The van der Waals surface area contributed by atoms with E-state index in [1.807, 2.05) is 0 Å². The van der Waals surface area contributed by atoms with Crippen molar-refractivity contribution in [2.24, 2.45) is 0 Å². The van der Waals surface area contributed by atoms with Crippen molar-refractivity contribution in [2.45, 2.75) is 17.1 Å². The van der Waals surface area contributed by atoms with Gasteiger partial charge in [-0.3, -0.25) is 4.79 Å². The van der Waals surface area contributed by atoms with E-state index >= 15 is 0 Å². The quantitative estimate of drug-likeness (QED) is 0.676. The van der Waals surface area contributed by atoms with Crippen molar-refractivity contribution in [1.29, 1.82) is 0 Å². The lowest BCUT2D eigenvalue weighted by molar-refractivity contribution is -0.120. The van der Waals surface area contributed by atoms with Crippen molar-refractivity contribution in [3.63, 3.8) is 0 Å². The van der Waals surface area contributed by atoms with Crippen LogP contribution in [0.25, 0.3) is 0 Å². The van der Waals surface area contributed by atoms with E-state index in [1.165, 1.54) is 16.1 Å². The fraction of sp³-hybridized carbons (Fsp3) is 0.533. The maximum atomic E-state index is 12.2. The van der Waals surface area contributed by atoms with Gasteiger partial charge in [-0.15, -0.1) is 11.8 Å². The molecule has 1 atom stereocenters. The monoisotopic (exact) mass is 426 g/mol. The normalized spacial score (nSPS) is 17.2. The van der Waals surface area contributed by atoms with Gasteiger partial charge in [0, 0.05) is 29.6 Å². The van der Waals surface area contributed by atoms with Crippen LogP contribution in [0.4, 0.5) is 0 Å². The Kier molecular flexibility index (Phi) is 7.85. The molecule has 0 saturated carbocycles. The van der Waals surface area contributed by atoms with E-state index < -0.39 is 15.3 Å². The summed E-state index contributed by atoms with van der Waals surface area (Å²) in [7, 11) is -3.38. The van der Waals surface area contributed by atoms with Crippen LogP contribution in [0, 0.1) is 0 Å². The minimum atomic E-state index is -3.38. The smallest absolute Gasteiger partial charge is 0.233 e. The van der Waals surface area contributed by atoms with E-state index in [2.05, 4.69) is 5.32 Å². The number of halogens is 2. The zero-order valence-electron chi connectivity index (χ0n) is 13.7.